The molecule has 0 N–H and O–H groups in total. The van der Waals surface area contributed by atoms with Crippen molar-refractivity contribution >= 4 is 51.3 Å². The number of anilines is 3. The highest BCUT2D eigenvalue weighted by Crippen LogP contribution is 2.46. The Balaban J connectivity index is 1.62. The van der Waals surface area contributed by atoms with Crippen molar-refractivity contribution in [2.24, 2.45) is 0 Å². The van der Waals surface area contributed by atoms with Crippen molar-refractivity contribution in [1.29, 1.82) is 0 Å². The predicted octanol–water partition coefficient (Wildman–Crippen LogP) is 6.45. The van der Waals surface area contributed by atoms with Crippen LogP contribution in [0.15, 0.2) is 108 Å². The molecule has 0 spiro atoms. The van der Waals surface area contributed by atoms with Gasteiger partial charge in [-0.3, -0.25) is 14.6 Å². The first-order valence-corrected chi connectivity index (χ1v) is 12.1. The van der Waals surface area contributed by atoms with E-state index in [9.17, 15) is 4.79 Å². The average Bonchev–Trinajstić information content (AvgIpc) is 3.31. The Labute approximate surface area is 203 Å². The molecule has 4 nitrogen and oxygen atoms in total. The van der Waals surface area contributed by atoms with Crippen molar-refractivity contribution in [2.75, 3.05) is 16.3 Å². The second-order valence-electron chi connectivity index (χ2n) is 7.70. The van der Waals surface area contributed by atoms with Gasteiger partial charge < -0.3 is 4.90 Å². The van der Waals surface area contributed by atoms with Crippen molar-refractivity contribution in [3.63, 3.8) is 0 Å². The molecule has 0 saturated carbocycles. The highest BCUT2D eigenvalue weighted by Gasteiger charge is 2.33. The number of nitrogens with zero attached hydrogens (tertiary/aromatic N) is 3. The van der Waals surface area contributed by atoms with Gasteiger partial charge in [0, 0.05) is 18.8 Å². The second-order valence-corrected chi connectivity index (χ2v) is 9.38. The van der Waals surface area contributed by atoms with Crippen LogP contribution in [0.1, 0.15) is 12.5 Å². The highest BCUT2D eigenvalue weighted by molar-refractivity contribution is 8.26. The summed E-state index contributed by atoms with van der Waals surface area (Å²) in [4.78, 5) is 19.6. The summed E-state index contributed by atoms with van der Waals surface area (Å²) in [6.45, 7) is 3.25. The molecule has 0 aliphatic carbocycles. The van der Waals surface area contributed by atoms with Crippen molar-refractivity contribution in [2.45, 2.75) is 13.5 Å². The number of para-hydroxylation sites is 3. The Morgan fingerprint density at radius 1 is 0.818 bits per heavy atom. The van der Waals surface area contributed by atoms with Crippen LogP contribution in [-0.4, -0.2) is 21.7 Å². The van der Waals surface area contributed by atoms with Crippen LogP contribution in [0.3, 0.4) is 0 Å². The lowest BCUT2D eigenvalue weighted by molar-refractivity contribution is -0.122. The van der Waals surface area contributed by atoms with E-state index in [2.05, 4.69) is 70.5 Å². The van der Waals surface area contributed by atoms with Crippen molar-refractivity contribution in [3.8, 4) is 0 Å². The maximum Gasteiger partial charge on any atom is 0.266 e. The average molecular weight is 470 g/mol. The van der Waals surface area contributed by atoms with E-state index in [4.69, 9.17) is 12.2 Å². The Hall–Kier alpha value is -3.35. The molecule has 0 atom stereocenters. The van der Waals surface area contributed by atoms with E-state index in [0.717, 1.165) is 29.4 Å². The van der Waals surface area contributed by atoms with Gasteiger partial charge in [-0.2, -0.15) is 0 Å². The number of amides is 1. The number of hydrogen-bond donors (Lipinski definition) is 0. The first-order valence-electron chi connectivity index (χ1n) is 10.9. The third-order valence-corrected chi connectivity index (χ3v) is 7.09. The Morgan fingerprint density at radius 3 is 2.12 bits per heavy atom. The normalized spacial score (nSPS) is 18.0. The summed E-state index contributed by atoms with van der Waals surface area (Å²) in [5.74, 6) is 0.966. The number of rotatable bonds is 5. The number of carbonyl (C=O) groups is 1. The predicted molar refractivity (Wildman–Crippen MR) is 141 cm³/mol. The van der Waals surface area contributed by atoms with Gasteiger partial charge in [0.2, 0.25) is 0 Å². The Morgan fingerprint density at radius 2 is 1.45 bits per heavy atom. The van der Waals surface area contributed by atoms with Crippen LogP contribution >= 0.6 is 24.0 Å². The van der Waals surface area contributed by atoms with E-state index in [1.165, 1.54) is 17.3 Å². The summed E-state index contributed by atoms with van der Waals surface area (Å²) in [5, 5.41) is 0. The van der Waals surface area contributed by atoms with Gasteiger partial charge >= 0.3 is 0 Å². The summed E-state index contributed by atoms with van der Waals surface area (Å²) < 4.78 is 0.614. The third kappa shape index (κ3) is 4.08. The zero-order valence-corrected chi connectivity index (χ0v) is 19.9. The highest BCUT2D eigenvalue weighted by atomic mass is 32.2. The zero-order valence-electron chi connectivity index (χ0n) is 18.2. The van der Waals surface area contributed by atoms with Gasteiger partial charge in [0.15, 0.2) is 0 Å². The number of fused-ring (bicyclic) bond motifs is 1. The van der Waals surface area contributed by atoms with Crippen LogP contribution in [0.5, 0.6) is 0 Å². The fraction of sp³-hybridized carbons (Fsp3) is 0.111. The molecule has 0 unspecified atom stereocenters. The van der Waals surface area contributed by atoms with E-state index in [0.29, 0.717) is 15.8 Å². The van der Waals surface area contributed by atoms with Crippen LogP contribution in [0.4, 0.5) is 17.1 Å². The van der Waals surface area contributed by atoms with E-state index in [-0.39, 0.29) is 5.91 Å². The molecule has 6 heteroatoms. The van der Waals surface area contributed by atoms with Crippen molar-refractivity contribution in [1.82, 2.24) is 4.90 Å². The number of benzene rings is 3. The molecular weight excluding hydrogens is 446 g/mol. The Kier molecular flexibility index (Phi) is 6.03. The van der Waals surface area contributed by atoms with Crippen LogP contribution in [0, 0.1) is 0 Å². The topological polar surface area (TPSA) is 26.8 Å². The number of thioether (sulfide) groups is 1. The van der Waals surface area contributed by atoms with Gasteiger partial charge in [-0.25, -0.2) is 0 Å². The van der Waals surface area contributed by atoms with Gasteiger partial charge in [-0.15, -0.1) is 0 Å². The molecular formula is C27H23N3OS2. The van der Waals surface area contributed by atoms with Crippen LogP contribution in [0.2, 0.25) is 0 Å². The van der Waals surface area contributed by atoms with Crippen LogP contribution in [0.25, 0.3) is 0 Å². The molecule has 1 saturated heterocycles. The van der Waals surface area contributed by atoms with Gasteiger partial charge in [0.1, 0.15) is 10.1 Å². The maximum atomic E-state index is 12.8. The first kappa shape index (κ1) is 21.5. The fourth-order valence-corrected chi connectivity index (χ4v) is 5.46. The lowest BCUT2D eigenvalue weighted by Crippen LogP contribution is -2.27. The van der Waals surface area contributed by atoms with E-state index in [1.807, 2.05) is 43.3 Å². The number of hydrogen-bond acceptors (Lipinski definition) is 5. The van der Waals surface area contributed by atoms with E-state index in [1.54, 1.807) is 4.90 Å². The molecule has 164 valence electrons. The molecule has 33 heavy (non-hydrogen) atoms. The smallest absolute Gasteiger partial charge is 0.266 e. The summed E-state index contributed by atoms with van der Waals surface area (Å²) in [7, 11) is 0. The summed E-state index contributed by atoms with van der Waals surface area (Å²) in [5.41, 5.74) is 4.53. The van der Waals surface area contributed by atoms with Crippen LogP contribution < -0.4 is 9.80 Å². The van der Waals surface area contributed by atoms with E-state index >= 15 is 0 Å². The molecule has 3 aromatic rings. The van der Waals surface area contributed by atoms with Gasteiger partial charge in [-0.05, 0) is 48.9 Å². The van der Waals surface area contributed by atoms with Crippen LogP contribution in [-0.2, 0) is 11.3 Å². The van der Waals surface area contributed by atoms with Gasteiger partial charge in [0.05, 0.1) is 16.3 Å². The molecule has 3 aromatic carbocycles. The molecule has 1 amide bonds. The van der Waals surface area contributed by atoms with E-state index < -0.39 is 0 Å². The largest absolute Gasteiger partial charge is 0.321 e. The maximum absolute atomic E-state index is 12.8. The molecule has 0 radical (unpaired) electrons. The molecule has 5 rings (SSSR count). The molecule has 1 fully saturated rings. The standard InChI is InChI=1S/C27H23N3OS2/c1-2-28-26(31)24(33-27(28)32)17-18-25-29(19-20-11-5-3-6-12-20)22-15-9-10-16-23(22)30(25)21-13-7-4-8-14-21/h3-18H,2,19H2,1H3/b24-17-,25-18+. The summed E-state index contributed by atoms with van der Waals surface area (Å²) >= 11 is 6.76. The minimum absolute atomic E-state index is 0.0271. The SMILES string of the molecule is CCN1C(=O)/C(=C/C=C2\N(Cc3ccccc3)c3ccccc3N2c2ccccc2)SC1=S. The first-order chi connectivity index (χ1) is 16.2. The number of allylic oxidation sites excluding steroid dienone is 2. The number of likely N-dealkylation sites (N-methyl/N-ethyl adjacent to an activating group) is 1. The Bertz CT molecular complexity index is 1250. The molecule has 2 aliphatic rings. The molecule has 0 bridgehead atoms. The van der Waals surface area contributed by atoms with Crippen molar-refractivity contribution in [3.05, 3.63) is 113 Å². The minimum atomic E-state index is -0.0271. The van der Waals surface area contributed by atoms with Crippen molar-refractivity contribution < 1.29 is 4.79 Å². The van der Waals surface area contributed by atoms with Gasteiger partial charge in [-0.1, -0.05) is 84.6 Å². The fourth-order valence-electron chi connectivity index (χ4n) is 4.13. The zero-order chi connectivity index (χ0) is 22.8. The molecule has 2 aliphatic heterocycles. The number of thiocarbonyl (C=S) groups is 1. The lowest BCUT2D eigenvalue weighted by Gasteiger charge is -2.25. The monoisotopic (exact) mass is 469 g/mol. The summed E-state index contributed by atoms with van der Waals surface area (Å²) in [6, 6.07) is 29.2. The minimum Gasteiger partial charge on any atom is -0.321 e. The quantitative estimate of drug-likeness (QED) is 0.316. The second kappa shape index (κ2) is 9.25. The molecule has 2 heterocycles. The molecule has 0 aromatic heterocycles. The third-order valence-electron chi connectivity index (χ3n) is 5.69. The van der Waals surface area contributed by atoms with Gasteiger partial charge in [0.25, 0.3) is 5.91 Å². The number of carbonyl (C=O) groups excluding carboxylic acids is 1. The summed E-state index contributed by atoms with van der Waals surface area (Å²) in [6.07, 6.45) is 3.95. The lowest BCUT2D eigenvalue weighted by atomic mass is 10.2.